The zero-order valence-electron chi connectivity index (χ0n) is 16.2. The molecule has 4 rings (SSSR count). The molecular formula is C21H19ClF2N4O2. The molecule has 156 valence electrons. The van der Waals surface area contributed by atoms with Gasteiger partial charge in [-0.05, 0) is 24.3 Å². The molecule has 1 saturated heterocycles. The van der Waals surface area contributed by atoms with Gasteiger partial charge in [0, 0.05) is 32.2 Å². The van der Waals surface area contributed by atoms with Crippen molar-refractivity contribution in [3.8, 4) is 11.4 Å². The first-order valence-corrected chi connectivity index (χ1v) is 9.73. The Morgan fingerprint density at radius 1 is 0.967 bits per heavy atom. The van der Waals surface area contributed by atoms with E-state index in [1.54, 1.807) is 7.11 Å². The van der Waals surface area contributed by atoms with Crippen molar-refractivity contribution in [2.45, 2.75) is 0 Å². The molecule has 6 nitrogen and oxygen atoms in total. The number of halogens is 3. The molecule has 0 saturated carbocycles. The second-order valence-electron chi connectivity index (χ2n) is 6.80. The molecule has 0 amide bonds. The molecule has 1 aliphatic rings. The summed E-state index contributed by atoms with van der Waals surface area (Å²) in [6.45, 7) is 2.64. The third-order valence-electron chi connectivity index (χ3n) is 5.08. The van der Waals surface area contributed by atoms with Crippen molar-refractivity contribution in [1.29, 1.82) is 0 Å². The topological polar surface area (TPSA) is 50.6 Å². The smallest absolute Gasteiger partial charge is 0.292 e. The maximum atomic E-state index is 14.1. The molecule has 0 spiro atoms. The van der Waals surface area contributed by atoms with Crippen molar-refractivity contribution in [3.05, 3.63) is 75.7 Å². The molecule has 2 aromatic carbocycles. The van der Waals surface area contributed by atoms with Gasteiger partial charge in [0.2, 0.25) is 0 Å². The van der Waals surface area contributed by atoms with E-state index in [0.717, 1.165) is 28.3 Å². The summed E-state index contributed by atoms with van der Waals surface area (Å²) in [4.78, 5) is 16.9. The SMILES string of the molecule is COc1ccccc1N1CCN(c2cnn(-c3ccc(F)cc3F)c(=O)c2Cl)CC1. The average Bonchev–Trinajstić information content (AvgIpc) is 2.76. The monoisotopic (exact) mass is 432 g/mol. The minimum absolute atomic E-state index is 0.0560. The van der Waals surface area contributed by atoms with Gasteiger partial charge in [-0.1, -0.05) is 23.7 Å². The van der Waals surface area contributed by atoms with Gasteiger partial charge in [-0.25, -0.2) is 8.78 Å². The third-order valence-corrected chi connectivity index (χ3v) is 5.44. The lowest BCUT2D eigenvalue weighted by atomic mass is 10.2. The Morgan fingerprint density at radius 2 is 1.63 bits per heavy atom. The van der Waals surface area contributed by atoms with E-state index in [1.807, 2.05) is 29.2 Å². The molecule has 0 bridgehead atoms. The summed E-state index contributed by atoms with van der Waals surface area (Å²) in [7, 11) is 1.64. The molecule has 0 radical (unpaired) electrons. The molecule has 2 heterocycles. The van der Waals surface area contributed by atoms with Gasteiger partial charge in [0.25, 0.3) is 5.56 Å². The molecule has 30 heavy (non-hydrogen) atoms. The maximum Gasteiger partial charge on any atom is 0.292 e. The fraction of sp³-hybridized carbons (Fsp3) is 0.238. The Bertz CT molecular complexity index is 1130. The highest BCUT2D eigenvalue weighted by Crippen LogP contribution is 2.30. The first-order chi connectivity index (χ1) is 14.5. The lowest BCUT2D eigenvalue weighted by Gasteiger charge is -2.37. The number of rotatable bonds is 4. The number of para-hydroxylation sites is 2. The molecule has 9 heteroatoms. The van der Waals surface area contributed by atoms with Gasteiger partial charge in [0.1, 0.15) is 22.3 Å². The molecule has 0 N–H and O–H groups in total. The van der Waals surface area contributed by atoms with Crippen LogP contribution in [-0.4, -0.2) is 43.1 Å². The minimum Gasteiger partial charge on any atom is -0.495 e. The highest BCUT2D eigenvalue weighted by Gasteiger charge is 2.23. The number of benzene rings is 2. The van der Waals surface area contributed by atoms with E-state index in [2.05, 4.69) is 10.00 Å². The normalized spacial score (nSPS) is 14.1. The van der Waals surface area contributed by atoms with E-state index in [-0.39, 0.29) is 10.7 Å². The van der Waals surface area contributed by atoms with E-state index in [0.29, 0.717) is 37.9 Å². The molecule has 3 aromatic rings. The Morgan fingerprint density at radius 3 is 2.30 bits per heavy atom. The van der Waals surface area contributed by atoms with Crippen LogP contribution in [0.5, 0.6) is 5.75 Å². The van der Waals surface area contributed by atoms with Crippen molar-refractivity contribution in [2.24, 2.45) is 0 Å². The van der Waals surface area contributed by atoms with Crippen LogP contribution in [0.1, 0.15) is 0 Å². The molecule has 1 aliphatic heterocycles. The fourth-order valence-corrected chi connectivity index (χ4v) is 3.80. The molecule has 0 atom stereocenters. The summed E-state index contributed by atoms with van der Waals surface area (Å²) < 4.78 is 33.5. The fourth-order valence-electron chi connectivity index (χ4n) is 3.55. The highest BCUT2D eigenvalue weighted by atomic mass is 35.5. The van der Waals surface area contributed by atoms with E-state index in [1.165, 1.54) is 6.20 Å². The van der Waals surface area contributed by atoms with E-state index < -0.39 is 17.2 Å². The summed E-state index contributed by atoms with van der Waals surface area (Å²) in [5.41, 5.74) is 0.675. The zero-order valence-corrected chi connectivity index (χ0v) is 16.9. The van der Waals surface area contributed by atoms with Crippen LogP contribution in [0.3, 0.4) is 0 Å². The Hall–Kier alpha value is -3.13. The van der Waals surface area contributed by atoms with Gasteiger partial charge in [-0.2, -0.15) is 9.78 Å². The molecule has 1 fully saturated rings. The largest absolute Gasteiger partial charge is 0.495 e. The third kappa shape index (κ3) is 3.70. The van der Waals surface area contributed by atoms with Gasteiger partial charge < -0.3 is 14.5 Å². The number of aromatic nitrogens is 2. The van der Waals surface area contributed by atoms with Crippen molar-refractivity contribution >= 4 is 23.0 Å². The van der Waals surface area contributed by atoms with Gasteiger partial charge in [0.15, 0.2) is 5.82 Å². The van der Waals surface area contributed by atoms with Crippen molar-refractivity contribution in [1.82, 2.24) is 9.78 Å². The summed E-state index contributed by atoms with van der Waals surface area (Å²) in [6.07, 6.45) is 1.44. The van der Waals surface area contributed by atoms with Crippen LogP contribution in [0.2, 0.25) is 5.02 Å². The predicted molar refractivity (Wildman–Crippen MR) is 112 cm³/mol. The van der Waals surface area contributed by atoms with Crippen LogP contribution in [0.4, 0.5) is 20.2 Å². The first-order valence-electron chi connectivity index (χ1n) is 9.36. The molecule has 1 aromatic heterocycles. The van der Waals surface area contributed by atoms with Crippen LogP contribution in [0.15, 0.2) is 53.5 Å². The standard InChI is InChI=1S/C21H19ClF2N4O2/c1-30-19-5-3-2-4-17(19)26-8-10-27(11-9-26)18-13-25-28(21(29)20(18)22)16-7-6-14(23)12-15(16)24/h2-7,12-13H,8-11H2,1H3. The number of methoxy groups -OCH3 is 1. The van der Waals surface area contributed by atoms with E-state index in [4.69, 9.17) is 16.3 Å². The Labute approximate surface area is 176 Å². The van der Waals surface area contributed by atoms with Crippen molar-refractivity contribution < 1.29 is 13.5 Å². The highest BCUT2D eigenvalue weighted by molar-refractivity contribution is 6.33. The van der Waals surface area contributed by atoms with E-state index >= 15 is 0 Å². The lowest BCUT2D eigenvalue weighted by molar-refractivity contribution is 0.413. The van der Waals surface area contributed by atoms with Crippen LogP contribution in [0, 0.1) is 11.6 Å². The van der Waals surface area contributed by atoms with Crippen LogP contribution in [0.25, 0.3) is 5.69 Å². The molecular weight excluding hydrogens is 414 g/mol. The quantitative estimate of drug-likeness (QED) is 0.631. The Balaban J connectivity index is 1.56. The van der Waals surface area contributed by atoms with Gasteiger partial charge in [-0.3, -0.25) is 4.79 Å². The van der Waals surface area contributed by atoms with Gasteiger partial charge in [-0.15, -0.1) is 0 Å². The second kappa shape index (κ2) is 8.31. The van der Waals surface area contributed by atoms with Gasteiger partial charge in [0.05, 0.1) is 24.7 Å². The van der Waals surface area contributed by atoms with Crippen LogP contribution >= 0.6 is 11.6 Å². The predicted octanol–water partition coefficient (Wildman–Crippen LogP) is 3.50. The second-order valence-corrected chi connectivity index (χ2v) is 7.18. The average molecular weight is 433 g/mol. The molecule has 0 aliphatic carbocycles. The summed E-state index contributed by atoms with van der Waals surface area (Å²) in [5.74, 6) is -0.826. The number of piperazine rings is 1. The summed E-state index contributed by atoms with van der Waals surface area (Å²) in [5, 5.41) is 4.01. The summed E-state index contributed by atoms with van der Waals surface area (Å²) in [6, 6.07) is 10.7. The zero-order chi connectivity index (χ0) is 21.3. The van der Waals surface area contributed by atoms with Crippen molar-refractivity contribution in [2.75, 3.05) is 43.1 Å². The first kappa shape index (κ1) is 20.2. The van der Waals surface area contributed by atoms with Crippen molar-refractivity contribution in [3.63, 3.8) is 0 Å². The number of anilines is 2. The number of ether oxygens (including phenoxy) is 1. The number of hydrogen-bond donors (Lipinski definition) is 0. The van der Waals surface area contributed by atoms with Crippen LogP contribution in [-0.2, 0) is 0 Å². The van der Waals surface area contributed by atoms with Gasteiger partial charge >= 0.3 is 0 Å². The molecule has 0 unspecified atom stereocenters. The lowest BCUT2D eigenvalue weighted by Crippen LogP contribution is -2.47. The number of hydrogen-bond acceptors (Lipinski definition) is 5. The van der Waals surface area contributed by atoms with Crippen LogP contribution < -0.4 is 20.1 Å². The Kier molecular flexibility index (Phi) is 5.59. The number of nitrogens with zero attached hydrogens (tertiary/aromatic N) is 4. The maximum absolute atomic E-state index is 14.1. The summed E-state index contributed by atoms with van der Waals surface area (Å²) >= 11 is 6.32. The van der Waals surface area contributed by atoms with E-state index in [9.17, 15) is 13.6 Å². The minimum atomic E-state index is -0.890.